The Hall–Kier alpha value is -1.03. The molecule has 1 rings (SSSR count). The van der Waals surface area contributed by atoms with Crippen molar-refractivity contribution >= 4 is 0 Å². The van der Waals surface area contributed by atoms with Gasteiger partial charge < -0.3 is 5.32 Å². The Morgan fingerprint density at radius 1 is 1.11 bits per heavy atom. The van der Waals surface area contributed by atoms with Crippen molar-refractivity contribution in [3.05, 3.63) is 35.4 Å². The van der Waals surface area contributed by atoms with Gasteiger partial charge in [-0.15, -0.1) is 0 Å². The van der Waals surface area contributed by atoms with Crippen molar-refractivity contribution in [2.75, 3.05) is 13.6 Å². The van der Waals surface area contributed by atoms with E-state index in [-0.39, 0.29) is 5.41 Å². The van der Waals surface area contributed by atoms with Gasteiger partial charge in [0.1, 0.15) is 0 Å². The Morgan fingerprint density at radius 2 is 1.68 bits per heavy atom. The van der Waals surface area contributed by atoms with E-state index in [9.17, 15) is 13.2 Å². The van der Waals surface area contributed by atoms with Gasteiger partial charge in [-0.05, 0) is 43.0 Å². The minimum atomic E-state index is -4.25. The quantitative estimate of drug-likeness (QED) is 0.816. The molecule has 0 bridgehead atoms. The molecule has 1 atom stereocenters. The van der Waals surface area contributed by atoms with Gasteiger partial charge in [-0.25, -0.2) is 0 Å². The Balaban J connectivity index is 2.81. The Kier molecular flexibility index (Phi) is 5.41. The third-order valence-electron chi connectivity index (χ3n) is 3.37. The first-order valence-electron chi connectivity index (χ1n) is 6.61. The van der Waals surface area contributed by atoms with Crippen LogP contribution in [0.5, 0.6) is 0 Å². The number of rotatable bonds is 6. The minimum Gasteiger partial charge on any atom is -0.319 e. The molecule has 1 unspecified atom stereocenters. The van der Waals surface area contributed by atoms with Crippen molar-refractivity contribution in [2.45, 2.75) is 39.3 Å². The van der Waals surface area contributed by atoms with Gasteiger partial charge in [-0.3, -0.25) is 0 Å². The molecule has 1 N–H and O–H groups in total. The van der Waals surface area contributed by atoms with Crippen molar-refractivity contribution in [2.24, 2.45) is 5.41 Å². The molecule has 4 heteroatoms. The van der Waals surface area contributed by atoms with E-state index < -0.39 is 11.7 Å². The maximum absolute atomic E-state index is 12.5. The molecule has 0 saturated heterocycles. The maximum Gasteiger partial charge on any atom is 0.416 e. The third kappa shape index (κ3) is 4.86. The highest BCUT2D eigenvalue weighted by atomic mass is 19.4. The standard InChI is InChI=1S/C15H22F3N/c1-4-9-14(2,11-19-3)10-12-5-7-13(8-6-12)15(16,17)18/h5-8,19H,4,9-11H2,1-3H3. The fraction of sp³-hybridized carbons (Fsp3) is 0.600. The second-order valence-corrected chi connectivity index (χ2v) is 5.46. The van der Waals surface area contributed by atoms with Gasteiger partial charge in [0, 0.05) is 6.54 Å². The summed E-state index contributed by atoms with van der Waals surface area (Å²) in [5.41, 5.74) is 0.463. The molecule has 1 aromatic rings. The number of hydrogen-bond donors (Lipinski definition) is 1. The van der Waals surface area contributed by atoms with Crippen molar-refractivity contribution in [1.82, 2.24) is 5.32 Å². The van der Waals surface area contributed by atoms with Gasteiger partial charge in [0.15, 0.2) is 0 Å². The first kappa shape index (κ1) is 16.0. The highest BCUT2D eigenvalue weighted by Crippen LogP contribution is 2.31. The normalized spacial score (nSPS) is 15.3. The highest BCUT2D eigenvalue weighted by Gasteiger charge is 2.30. The van der Waals surface area contributed by atoms with Gasteiger partial charge in [0.05, 0.1) is 5.56 Å². The van der Waals surface area contributed by atoms with Crippen LogP contribution >= 0.6 is 0 Å². The third-order valence-corrected chi connectivity index (χ3v) is 3.37. The lowest BCUT2D eigenvalue weighted by Gasteiger charge is -2.29. The van der Waals surface area contributed by atoms with Crippen LogP contribution in [0.4, 0.5) is 13.2 Å². The fourth-order valence-electron chi connectivity index (χ4n) is 2.57. The average Bonchev–Trinajstić information content (AvgIpc) is 2.28. The zero-order chi connectivity index (χ0) is 14.5. The van der Waals surface area contributed by atoms with Gasteiger partial charge in [-0.2, -0.15) is 13.2 Å². The molecule has 108 valence electrons. The van der Waals surface area contributed by atoms with Gasteiger partial charge in [0.2, 0.25) is 0 Å². The number of nitrogens with one attached hydrogen (secondary N) is 1. The lowest BCUT2D eigenvalue weighted by molar-refractivity contribution is -0.137. The smallest absolute Gasteiger partial charge is 0.319 e. The molecule has 0 aliphatic carbocycles. The monoisotopic (exact) mass is 273 g/mol. The van der Waals surface area contributed by atoms with Crippen LogP contribution in [0.25, 0.3) is 0 Å². The van der Waals surface area contributed by atoms with E-state index in [1.165, 1.54) is 12.1 Å². The number of hydrogen-bond acceptors (Lipinski definition) is 1. The van der Waals surface area contributed by atoms with E-state index in [1.807, 2.05) is 7.05 Å². The van der Waals surface area contributed by atoms with Gasteiger partial charge >= 0.3 is 6.18 Å². The number of halogens is 3. The van der Waals surface area contributed by atoms with E-state index >= 15 is 0 Å². The van der Waals surface area contributed by atoms with Crippen LogP contribution in [0.2, 0.25) is 0 Å². The second-order valence-electron chi connectivity index (χ2n) is 5.46. The fourth-order valence-corrected chi connectivity index (χ4v) is 2.57. The van der Waals surface area contributed by atoms with Gasteiger partial charge in [0.25, 0.3) is 0 Å². The molecule has 0 aliphatic heterocycles. The average molecular weight is 273 g/mol. The molecule has 1 nitrogen and oxygen atoms in total. The van der Waals surface area contributed by atoms with Crippen molar-refractivity contribution in [1.29, 1.82) is 0 Å². The van der Waals surface area contributed by atoms with E-state index in [0.717, 1.165) is 31.4 Å². The number of alkyl halides is 3. The lowest BCUT2D eigenvalue weighted by Crippen LogP contribution is -2.31. The predicted molar refractivity (Wildman–Crippen MR) is 72.1 cm³/mol. The van der Waals surface area contributed by atoms with E-state index in [0.29, 0.717) is 0 Å². The summed E-state index contributed by atoms with van der Waals surface area (Å²) in [6.45, 7) is 5.16. The summed E-state index contributed by atoms with van der Waals surface area (Å²) < 4.78 is 37.5. The Morgan fingerprint density at radius 3 is 2.11 bits per heavy atom. The largest absolute Gasteiger partial charge is 0.416 e. The zero-order valence-electron chi connectivity index (χ0n) is 11.8. The Bertz CT molecular complexity index is 375. The van der Waals surface area contributed by atoms with Crippen LogP contribution in [0, 0.1) is 5.41 Å². The summed E-state index contributed by atoms with van der Waals surface area (Å²) in [6, 6.07) is 5.51. The summed E-state index contributed by atoms with van der Waals surface area (Å²) in [5, 5.41) is 3.17. The summed E-state index contributed by atoms with van der Waals surface area (Å²) in [7, 11) is 1.90. The first-order valence-corrected chi connectivity index (χ1v) is 6.61. The molecular weight excluding hydrogens is 251 g/mol. The number of benzene rings is 1. The molecule has 0 amide bonds. The van der Waals surface area contributed by atoms with Crippen LogP contribution in [-0.4, -0.2) is 13.6 Å². The minimum absolute atomic E-state index is 0.0866. The Labute approximate surface area is 113 Å². The van der Waals surface area contributed by atoms with Crippen LogP contribution in [-0.2, 0) is 12.6 Å². The van der Waals surface area contributed by atoms with E-state index in [2.05, 4.69) is 19.2 Å². The van der Waals surface area contributed by atoms with Crippen molar-refractivity contribution < 1.29 is 13.2 Å². The molecule has 0 spiro atoms. The molecule has 0 aromatic heterocycles. The van der Waals surface area contributed by atoms with Crippen molar-refractivity contribution in [3.63, 3.8) is 0 Å². The van der Waals surface area contributed by atoms with E-state index in [4.69, 9.17) is 0 Å². The van der Waals surface area contributed by atoms with Crippen molar-refractivity contribution in [3.8, 4) is 0 Å². The highest BCUT2D eigenvalue weighted by molar-refractivity contribution is 5.25. The van der Waals surface area contributed by atoms with Gasteiger partial charge in [-0.1, -0.05) is 32.4 Å². The molecule has 0 fully saturated rings. The molecule has 19 heavy (non-hydrogen) atoms. The maximum atomic E-state index is 12.5. The lowest BCUT2D eigenvalue weighted by atomic mass is 9.79. The molecule has 0 radical (unpaired) electrons. The summed E-state index contributed by atoms with van der Waals surface area (Å²) in [6.07, 6.45) is -1.34. The molecule has 0 heterocycles. The summed E-state index contributed by atoms with van der Waals surface area (Å²) in [5.74, 6) is 0. The first-order chi connectivity index (χ1) is 8.80. The SMILES string of the molecule is CCCC(C)(CNC)Cc1ccc(C(F)(F)F)cc1. The second kappa shape index (κ2) is 6.42. The predicted octanol–water partition coefficient (Wildman–Crippen LogP) is 4.27. The van der Waals surface area contributed by atoms with Crippen LogP contribution in [0.1, 0.15) is 37.8 Å². The van der Waals surface area contributed by atoms with Crippen LogP contribution in [0.3, 0.4) is 0 Å². The zero-order valence-corrected chi connectivity index (χ0v) is 11.8. The molecular formula is C15H22F3N. The summed E-state index contributed by atoms with van der Waals surface area (Å²) in [4.78, 5) is 0. The topological polar surface area (TPSA) is 12.0 Å². The molecule has 0 saturated carbocycles. The van der Waals surface area contributed by atoms with Crippen LogP contribution < -0.4 is 5.32 Å². The van der Waals surface area contributed by atoms with Crippen LogP contribution in [0.15, 0.2) is 24.3 Å². The summed E-state index contributed by atoms with van der Waals surface area (Å²) >= 11 is 0. The van der Waals surface area contributed by atoms with E-state index in [1.54, 1.807) is 12.1 Å². The molecule has 1 aromatic carbocycles. The molecule has 0 aliphatic rings.